The largest absolute Gasteiger partial charge is 0.481 e. The molecule has 2 N–H and O–H groups in total. The van der Waals surface area contributed by atoms with Crippen LogP contribution in [-0.4, -0.2) is 27.4 Å². The van der Waals surface area contributed by atoms with E-state index < -0.39 is 5.97 Å². The molecule has 2 aromatic rings. The molecule has 0 aliphatic rings. The van der Waals surface area contributed by atoms with Crippen LogP contribution in [0.2, 0.25) is 0 Å². The smallest absolute Gasteiger partial charge is 0.307 e. The zero-order valence-electron chi connectivity index (χ0n) is 11.5. The van der Waals surface area contributed by atoms with Gasteiger partial charge in [0.15, 0.2) is 0 Å². The topological polar surface area (TPSA) is 67.2 Å². The fourth-order valence-corrected chi connectivity index (χ4v) is 2.00. The predicted octanol–water partition coefficient (Wildman–Crippen LogP) is 1.38. The Labute approximate surface area is 118 Å². The summed E-state index contributed by atoms with van der Waals surface area (Å²) in [5.74, 6) is -0.800. The number of carbonyl (C=O) groups is 1. The molecule has 0 bridgehead atoms. The Morgan fingerprint density at radius 2 is 1.95 bits per heavy atom. The molecule has 1 aromatic heterocycles. The molecule has 0 spiro atoms. The van der Waals surface area contributed by atoms with Crippen molar-refractivity contribution in [3.8, 4) is 0 Å². The number of benzene rings is 1. The van der Waals surface area contributed by atoms with E-state index in [1.54, 1.807) is 4.68 Å². The monoisotopic (exact) mass is 273 g/mol. The first-order valence-corrected chi connectivity index (χ1v) is 6.62. The second kappa shape index (κ2) is 6.86. The average Bonchev–Trinajstić information content (AvgIpc) is 2.82. The Morgan fingerprint density at radius 1 is 1.25 bits per heavy atom. The molecule has 0 aliphatic carbocycles. The summed E-state index contributed by atoms with van der Waals surface area (Å²) in [6.07, 6.45) is 2.92. The van der Waals surface area contributed by atoms with E-state index in [9.17, 15) is 4.79 Å². The standard InChI is InChI=1S/C15H19N3O2/c1-18-9-7-14(17-18)6-8-16-11-13-4-2-12(3-5-13)10-15(19)20/h2-5,7,9,16H,6,8,10-11H2,1H3,(H,19,20). The van der Waals surface area contributed by atoms with Crippen LogP contribution in [-0.2, 0) is 31.2 Å². The third-order valence-electron chi connectivity index (χ3n) is 3.03. The molecular formula is C15H19N3O2. The van der Waals surface area contributed by atoms with Crippen molar-refractivity contribution in [2.75, 3.05) is 6.54 Å². The third-order valence-corrected chi connectivity index (χ3v) is 3.03. The molecule has 5 heteroatoms. The van der Waals surface area contributed by atoms with Gasteiger partial charge in [0.25, 0.3) is 0 Å². The number of nitrogens with one attached hydrogen (secondary N) is 1. The molecule has 0 unspecified atom stereocenters. The van der Waals surface area contributed by atoms with Crippen molar-refractivity contribution >= 4 is 5.97 Å². The third kappa shape index (κ3) is 4.51. The van der Waals surface area contributed by atoms with Gasteiger partial charge in [-0.25, -0.2) is 0 Å². The zero-order chi connectivity index (χ0) is 14.4. The summed E-state index contributed by atoms with van der Waals surface area (Å²) in [7, 11) is 1.91. The molecule has 0 atom stereocenters. The van der Waals surface area contributed by atoms with E-state index >= 15 is 0 Å². The fraction of sp³-hybridized carbons (Fsp3) is 0.333. The summed E-state index contributed by atoms with van der Waals surface area (Å²) in [6, 6.07) is 9.67. The first kappa shape index (κ1) is 14.3. The van der Waals surface area contributed by atoms with E-state index in [0.717, 1.165) is 36.3 Å². The number of aryl methyl sites for hydroxylation is 1. The zero-order valence-corrected chi connectivity index (χ0v) is 11.5. The molecule has 1 heterocycles. The molecule has 5 nitrogen and oxygen atoms in total. The van der Waals surface area contributed by atoms with Crippen molar-refractivity contribution in [2.24, 2.45) is 7.05 Å². The number of aliphatic carboxylic acids is 1. The van der Waals surface area contributed by atoms with Crippen LogP contribution < -0.4 is 5.32 Å². The van der Waals surface area contributed by atoms with Crippen LogP contribution in [0.3, 0.4) is 0 Å². The number of aromatic nitrogens is 2. The van der Waals surface area contributed by atoms with Crippen molar-refractivity contribution < 1.29 is 9.90 Å². The van der Waals surface area contributed by atoms with Gasteiger partial charge in [-0.3, -0.25) is 9.48 Å². The molecule has 106 valence electrons. The number of hydrogen-bond donors (Lipinski definition) is 2. The van der Waals surface area contributed by atoms with E-state index in [0.29, 0.717) is 0 Å². The normalized spacial score (nSPS) is 10.7. The van der Waals surface area contributed by atoms with Crippen LogP contribution in [0.4, 0.5) is 0 Å². The van der Waals surface area contributed by atoms with Crippen LogP contribution in [0.15, 0.2) is 36.5 Å². The van der Waals surface area contributed by atoms with Crippen molar-refractivity contribution in [3.05, 3.63) is 53.3 Å². The minimum absolute atomic E-state index is 0.0768. The highest BCUT2D eigenvalue weighted by atomic mass is 16.4. The van der Waals surface area contributed by atoms with Crippen molar-refractivity contribution in [3.63, 3.8) is 0 Å². The summed E-state index contributed by atoms with van der Waals surface area (Å²) in [6.45, 7) is 1.65. The van der Waals surface area contributed by atoms with Gasteiger partial charge < -0.3 is 10.4 Å². The van der Waals surface area contributed by atoms with Gasteiger partial charge in [0, 0.05) is 32.8 Å². The van der Waals surface area contributed by atoms with E-state index in [1.807, 2.05) is 43.6 Å². The van der Waals surface area contributed by atoms with Gasteiger partial charge in [-0.2, -0.15) is 5.10 Å². The molecule has 1 aromatic carbocycles. The Bertz CT molecular complexity index is 561. The van der Waals surface area contributed by atoms with E-state index in [2.05, 4.69) is 10.4 Å². The summed E-state index contributed by atoms with van der Waals surface area (Å²) < 4.78 is 1.80. The summed E-state index contributed by atoms with van der Waals surface area (Å²) in [4.78, 5) is 10.6. The van der Waals surface area contributed by atoms with Gasteiger partial charge in [-0.05, 0) is 17.2 Å². The summed E-state index contributed by atoms with van der Waals surface area (Å²) in [5.41, 5.74) is 3.06. The van der Waals surface area contributed by atoms with E-state index in [-0.39, 0.29) is 6.42 Å². The van der Waals surface area contributed by atoms with Gasteiger partial charge in [0.2, 0.25) is 0 Å². The molecule has 0 amide bonds. The predicted molar refractivity (Wildman–Crippen MR) is 76.4 cm³/mol. The van der Waals surface area contributed by atoms with E-state index in [4.69, 9.17) is 5.11 Å². The molecule has 0 fully saturated rings. The Hall–Kier alpha value is -2.14. The quantitative estimate of drug-likeness (QED) is 0.748. The molecule has 0 radical (unpaired) electrons. The van der Waals surface area contributed by atoms with Crippen LogP contribution in [0.5, 0.6) is 0 Å². The SMILES string of the molecule is Cn1ccc(CCNCc2ccc(CC(=O)O)cc2)n1. The second-order valence-electron chi connectivity index (χ2n) is 4.79. The van der Waals surface area contributed by atoms with Gasteiger partial charge in [0.1, 0.15) is 0 Å². The van der Waals surface area contributed by atoms with Crippen molar-refractivity contribution in [1.82, 2.24) is 15.1 Å². The number of hydrogen-bond acceptors (Lipinski definition) is 3. The molecule has 0 saturated heterocycles. The van der Waals surface area contributed by atoms with Gasteiger partial charge in [-0.1, -0.05) is 24.3 Å². The second-order valence-corrected chi connectivity index (χ2v) is 4.79. The lowest BCUT2D eigenvalue weighted by Crippen LogP contribution is -2.17. The summed E-state index contributed by atoms with van der Waals surface area (Å²) in [5, 5.41) is 16.4. The molecule has 0 aliphatic heterocycles. The van der Waals surface area contributed by atoms with E-state index in [1.165, 1.54) is 0 Å². The highest BCUT2D eigenvalue weighted by Gasteiger charge is 2.00. The number of rotatable bonds is 7. The highest BCUT2D eigenvalue weighted by Crippen LogP contribution is 2.05. The van der Waals surface area contributed by atoms with Crippen LogP contribution in [0, 0.1) is 0 Å². The maximum Gasteiger partial charge on any atom is 0.307 e. The van der Waals surface area contributed by atoms with Crippen molar-refractivity contribution in [1.29, 1.82) is 0 Å². The number of carboxylic acid groups (broad SMARTS) is 1. The molecule has 2 rings (SSSR count). The molecular weight excluding hydrogens is 254 g/mol. The van der Waals surface area contributed by atoms with Gasteiger partial charge in [-0.15, -0.1) is 0 Å². The molecule has 0 saturated carbocycles. The maximum absolute atomic E-state index is 10.6. The maximum atomic E-state index is 10.6. The minimum atomic E-state index is -0.800. The minimum Gasteiger partial charge on any atom is -0.481 e. The Balaban J connectivity index is 1.72. The lowest BCUT2D eigenvalue weighted by Gasteiger charge is -2.05. The number of carboxylic acids is 1. The van der Waals surface area contributed by atoms with Crippen LogP contribution >= 0.6 is 0 Å². The fourth-order valence-electron chi connectivity index (χ4n) is 2.00. The van der Waals surface area contributed by atoms with Crippen molar-refractivity contribution in [2.45, 2.75) is 19.4 Å². The first-order chi connectivity index (χ1) is 9.63. The first-order valence-electron chi connectivity index (χ1n) is 6.62. The van der Waals surface area contributed by atoms with Crippen LogP contribution in [0.1, 0.15) is 16.8 Å². The average molecular weight is 273 g/mol. The van der Waals surface area contributed by atoms with Gasteiger partial charge >= 0.3 is 5.97 Å². The summed E-state index contributed by atoms with van der Waals surface area (Å²) >= 11 is 0. The molecule has 20 heavy (non-hydrogen) atoms. The lowest BCUT2D eigenvalue weighted by molar-refractivity contribution is -0.136. The lowest BCUT2D eigenvalue weighted by atomic mass is 10.1. The Morgan fingerprint density at radius 3 is 2.55 bits per heavy atom. The number of nitrogens with zero attached hydrogens (tertiary/aromatic N) is 2. The highest BCUT2D eigenvalue weighted by molar-refractivity contribution is 5.70. The van der Waals surface area contributed by atoms with Gasteiger partial charge in [0.05, 0.1) is 12.1 Å². The van der Waals surface area contributed by atoms with Crippen LogP contribution in [0.25, 0.3) is 0 Å². The Kier molecular flexibility index (Phi) is 4.90.